The molecule has 3 unspecified atom stereocenters. The SMILES string of the molecule is O=C1OC(c2ccc(O)cc2)(c2ccc(O[C@@H]3O[C@H](C(=O)O)C(O)[C@H](O)C3O)cc2)c2ccccc21. The Kier molecular flexibility index (Phi) is 5.89. The number of aliphatic carboxylic acids is 1. The molecule has 0 saturated carbocycles. The third kappa shape index (κ3) is 3.76. The van der Waals surface area contributed by atoms with Gasteiger partial charge in [0.1, 0.15) is 29.8 Å². The van der Waals surface area contributed by atoms with E-state index in [1.807, 2.05) is 0 Å². The first-order valence-corrected chi connectivity index (χ1v) is 11.0. The molecular weight excluding hydrogens is 472 g/mol. The Balaban J connectivity index is 1.50. The Morgan fingerprint density at radius 1 is 0.833 bits per heavy atom. The van der Waals surface area contributed by atoms with Gasteiger partial charge in [-0.05, 0) is 30.3 Å². The summed E-state index contributed by atoms with van der Waals surface area (Å²) in [4.78, 5) is 24.1. The number of carboxylic acids is 1. The van der Waals surface area contributed by atoms with E-state index in [1.165, 1.54) is 24.3 Å². The molecular formula is C26H22O10. The van der Waals surface area contributed by atoms with E-state index in [1.54, 1.807) is 48.5 Å². The number of hydrogen-bond donors (Lipinski definition) is 5. The number of esters is 1. The molecule has 1 saturated heterocycles. The predicted octanol–water partition coefficient (Wildman–Crippen LogP) is 1.13. The van der Waals surface area contributed by atoms with Crippen molar-refractivity contribution < 1.29 is 49.3 Å². The third-order valence-corrected chi connectivity index (χ3v) is 6.37. The van der Waals surface area contributed by atoms with E-state index < -0.39 is 48.2 Å². The summed E-state index contributed by atoms with van der Waals surface area (Å²) in [6.07, 6.45) is -8.69. The lowest BCUT2D eigenvalue weighted by Gasteiger charge is -2.38. The molecule has 10 nitrogen and oxygen atoms in total. The Hall–Kier alpha value is -3.96. The summed E-state index contributed by atoms with van der Waals surface area (Å²) in [5.74, 6) is -1.82. The van der Waals surface area contributed by atoms with Crippen molar-refractivity contribution in [3.8, 4) is 11.5 Å². The Labute approximate surface area is 204 Å². The normalized spacial score (nSPS) is 29.3. The molecule has 5 rings (SSSR count). The lowest BCUT2D eigenvalue weighted by molar-refractivity contribution is -0.271. The molecule has 0 aromatic heterocycles. The maximum Gasteiger partial charge on any atom is 0.340 e. The van der Waals surface area contributed by atoms with E-state index in [-0.39, 0.29) is 11.5 Å². The Morgan fingerprint density at radius 2 is 1.44 bits per heavy atom. The number of rotatable bonds is 5. The van der Waals surface area contributed by atoms with Gasteiger partial charge in [-0.1, -0.05) is 42.5 Å². The summed E-state index contributed by atoms with van der Waals surface area (Å²) in [7, 11) is 0. The van der Waals surface area contributed by atoms with Crippen molar-refractivity contribution in [1.82, 2.24) is 0 Å². The molecule has 0 aliphatic carbocycles. The molecule has 1 fully saturated rings. The number of aliphatic hydroxyl groups is 3. The zero-order valence-electron chi connectivity index (χ0n) is 18.6. The van der Waals surface area contributed by atoms with Crippen LogP contribution in [-0.2, 0) is 19.9 Å². The van der Waals surface area contributed by atoms with E-state index >= 15 is 0 Å². The highest BCUT2D eigenvalue weighted by Gasteiger charge is 2.49. The number of hydrogen-bond acceptors (Lipinski definition) is 9. The number of ether oxygens (including phenoxy) is 3. The average Bonchev–Trinajstić information content (AvgIpc) is 3.18. The number of cyclic esters (lactones) is 1. The van der Waals surface area contributed by atoms with Gasteiger partial charge in [0, 0.05) is 16.7 Å². The molecule has 3 aromatic carbocycles. The Bertz CT molecular complexity index is 1290. The fraction of sp³-hybridized carbons (Fsp3) is 0.231. The Morgan fingerprint density at radius 3 is 2.08 bits per heavy atom. The standard InChI is InChI=1S/C26H22O10/c27-15-9-5-13(6-10-15)26(18-4-2-1-3-17(18)24(33)36-26)14-7-11-16(12-8-14)34-25-21(30)19(28)20(29)22(35-25)23(31)32/h1-12,19-22,25,27-30H,(H,31,32)/t19-,20?,21?,22-,25+,26?/m0/s1. The predicted molar refractivity (Wildman–Crippen MR) is 121 cm³/mol. The van der Waals surface area contributed by atoms with Crippen LogP contribution in [0.25, 0.3) is 0 Å². The molecule has 0 radical (unpaired) electrons. The third-order valence-electron chi connectivity index (χ3n) is 6.37. The second kappa shape index (κ2) is 8.92. The molecule has 0 bridgehead atoms. The second-order valence-electron chi connectivity index (χ2n) is 8.54. The van der Waals surface area contributed by atoms with Crippen LogP contribution in [0.2, 0.25) is 0 Å². The minimum atomic E-state index is -1.83. The number of aliphatic hydroxyl groups excluding tert-OH is 3. The molecule has 10 heteroatoms. The van der Waals surface area contributed by atoms with Crippen molar-refractivity contribution >= 4 is 11.9 Å². The van der Waals surface area contributed by atoms with Crippen molar-refractivity contribution in [2.45, 2.75) is 36.3 Å². The van der Waals surface area contributed by atoms with Crippen LogP contribution in [0.1, 0.15) is 27.0 Å². The van der Waals surface area contributed by atoms with Gasteiger partial charge in [-0.15, -0.1) is 0 Å². The van der Waals surface area contributed by atoms with Crippen molar-refractivity contribution in [2.24, 2.45) is 0 Å². The molecule has 6 atom stereocenters. The van der Waals surface area contributed by atoms with E-state index in [2.05, 4.69) is 0 Å². The summed E-state index contributed by atoms with van der Waals surface area (Å²) in [6.45, 7) is 0. The van der Waals surface area contributed by atoms with Gasteiger partial charge in [0.15, 0.2) is 11.7 Å². The number of carbonyl (C=O) groups is 2. The molecule has 0 spiro atoms. The van der Waals surface area contributed by atoms with Crippen molar-refractivity contribution in [3.05, 3.63) is 95.1 Å². The van der Waals surface area contributed by atoms with E-state index in [9.17, 15) is 35.1 Å². The zero-order chi connectivity index (χ0) is 25.6. The maximum atomic E-state index is 12.8. The molecule has 2 heterocycles. The first-order chi connectivity index (χ1) is 17.2. The van der Waals surface area contributed by atoms with E-state index in [0.717, 1.165) is 0 Å². The first-order valence-electron chi connectivity index (χ1n) is 11.0. The number of carbonyl (C=O) groups excluding carboxylic acids is 1. The lowest BCUT2D eigenvalue weighted by atomic mass is 9.80. The van der Waals surface area contributed by atoms with Gasteiger partial charge in [0.25, 0.3) is 0 Å². The highest BCUT2D eigenvalue weighted by atomic mass is 16.7. The second-order valence-corrected chi connectivity index (χ2v) is 8.54. The summed E-state index contributed by atoms with van der Waals surface area (Å²) in [5, 5.41) is 49.1. The monoisotopic (exact) mass is 494 g/mol. The molecule has 36 heavy (non-hydrogen) atoms. The van der Waals surface area contributed by atoms with Crippen LogP contribution >= 0.6 is 0 Å². The molecule has 0 amide bonds. The van der Waals surface area contributed by atoms with Gasteiger partial charge in [0.2, 0.25) is 6.29 Å². The summed E-state index contributed by atoms with van der Waals surface area (Å²) in [5.41, 5.74) is 0.858. The number of phenols is 1. The van der Waals surface area contributed by atoms with Gasteiger partial charge in [-0.2, -0.15) is 0 Å². The van der Waals surface area contributed by atoms with Crippen LogP contribution in [0, 0.1) is 0 Å². The van der Waals surface area contributed by atoms with Crippen LogP contribution < -0.4 is 4.74 Å². The number of fused-ring (bicyclic) bond motifs is 1. The van der Waals surface area contributed by atoms with Crippen molar-refractivity contribution in [3.63, 3.8) is 0 Å². The summed E-state index contributed by atoms with van der Waals surface area (Å²) >= 11 is 0. The minimum Gasteiger partial charge on any atom is -0.508 e. The van der Waals surface area contributed by atoms with Gasteiger partial charge < -0.3 is 39.7 Å². The zero-order valence-corrected chi connectivity index (χ0v) is 18.6. The highest BCUT2D eigenvalue weighted by Crippen LogP contribution is 2.47. The molecule has 3 aromatic rings. The average molecular weight is 494 g/mol. The topological polar surface area (TPSA) is 163 Å². The molecule has 2 aliphatic heterocycles. The fourth-order valence-corrected chi connectivity index (χ4v) is 4.56. The van der Waals surface area contributed by atoms with Gasteiger partial charge in [-0.25, -0.2) is 9.59 Å². The van der Waals surface area contributed by atoms with Crippen molar-refractivity contribution in [2.75, 3.05) is 0 Å². The number of aromatic hydroxyl groups is 1. The largest absolute Gasteiger partial charge is 0.508 e. The van der Waals surface area contributed by atoms with Crippen molar-refractivity contribution in [1.29, 1.82) is 0 Å². The van der Waals surface area contributed by atoms with E-state index in [0.29, 0.717) is 22.3 Å². The van der Waals surface area contributed by atoms with Crippen LogP contribution in [0.3, 0.4) is 0 Å². The number of carboxylic acid groups (broad SMARTS) is 1. The number of benzene rings is 3. The van der Waals surface area contributed by atoms with E-state index in [4.69, 9.17) is 14.2 Å². The quantitative estimate of drug-likeness (QED) is 0.325. The molecule has 5 N–H and O–H groups in total. The first kappa shape index (κ1) is 23.8. The van der Waals surface area contributed by atoms with Gasteiger partial charge in [0.05, 0.1) is 5.56 Å². The van der Waals surface area contributed by atoms with Crippen LogP contribution in [0.4, 0.5) is 0 Å². The lowest BCUT2D eigenvalue weighted by Crippen LogP contribution is -2.61. The van der Waals surface area contributed by atoms with Gasteiger partial charge >= 0.3 is 11.9 Å². The fourth-order valence-electron chi connectivity index (χ4n) is 4.56. The summed E-state index contributed by atoms with van der Waals surface area (Å²) in [6, 6.07) is 19.5. The van der Waals surface area contributed by atoms with Crippen LogP contribution in [0.5, 0.6) is 11.5 Å². The number of phenolic OH excluding ortho intramolecular Hbond substituents is 1. The smallest absolute Gasteiger partial charge is 0.340 e. The van der Waals surface area contributed by atoms with Gasteiger partial charge in [-0.3, -0.25) is 0 Å². The molecule has 186 valence electrons. The highest BCUT2D eigenvalue weighted by molar-refractivity contribution is 5.96. The van der Waals surface area contributed by atoms with Crippen LogP contribution in [-0.4, -0.2) is 68.2 Å². The van der Waals surface area contributed by atoms with Crippen LogP contribution in [0.15, 0.2) is 72.8 Å². The minimum absolute atomic E-state index is 0.0493. The summed E-state index contributed by atoms with van der Waals surface area (Å²) < 4.78 is 16.7. The molecule has 2 aliphatic rings. The maximum absolute atomic E-state index is 12.8.